The summed E-state index contributed by atoms with van der Waals surface area (Å²) in [5, 5.41) is 4.75. The molecular formula is C22H15N3O3. The highest BCUT2D eigenvalue weighted by Gasteiger charge is 2.32. The van der Waals surface area contributed by atoms with Crippen molar-refractivity contribution >= 4 is 22.4 Å². The first-order valence-electron chi connectivity index (χ1n) is 8.79. The Kier molecular flexibility index (Phi) is 3.87. The van der Waals surface area contributed by atoms with Crippen LogP contribution >= 0.6 is 0 Å². The molecule has 1 aliphatic rings. The first kappa shape index (κ1) is 16.3. The van der Waals surface area contributed by atoms with Crippen molar-refractivity contribution in [2.75, 3.05) is 5.32 Å². The van der Waals surface area contributed by atoms with Gasteiger partial charge in [0, 0.05) is 29.5 Å². The van der Waals surface area contributed by atoms with E-state index in [0.29, 0.717) is 17.2 Å². The number of amides is 1. The molecule has 2 aromatic heterocycles. The molecule has 1 amide bonds. The Morgan fingerprint density at radius 1 is 0.893 bits per heavy atom. The molecule has 6 heteroatoms. The summed E-state index contributed by atoms with van der Waals surface area (Å²) in [6, 6.07) is 17.2. The molecule has 5 rings (SSSR count). The lowest BCUT2D eigenvalue weighted by atomic mass is 10.1. The third-order valence-electron chi connectivity index (χ3n) is 4.54. The van der Waals surface area contributed by atoms with E-state index < -0.39 is 12.2 Å². The fourth-order valence-corrected chi connectivity index (χ4v) is 3.20. The van der Waals surface area contributed by atoms with Crippen LogP contribution < -0.4 is 14.8 Å². The number of nitrogens with one attached hydrogen (secondary N) is 1. The largest absolute Gasteiger partial charge is 0.442 e. The fraction of sp³-hybridized carbons (Fsp3) is 0.0455. The second-order valence-electron chi connectivity index (χ2n) is 6.37. The molecule has 1 atom stereocenters. The van der Waals surface area contributed by atoms with Gasteiger partial charge in [0.2, 0.25) is 0 Å². The summed E-state index contributed by atoms with van der Waals surface area (Å²) >= 11 is 0. The number of pyridine rings is 2. The van der Waals surface area contributed by atoms with E-state index in [-0.39, 0.29) is 0 Å². The molecule has 0 spiro atoms. The minimum absolute atomic E-state index is 0.394. The summed E-state index contributed by atoms with van der Waals surface area (Å²) in [5.41, 5.74) is 2.40. The number of ether oxygens (including phenoxy) is 2. The van der Waals surface area contributed by atoms with Crippen molar-refractivity contribution in [1.29, 1.82) is 0 Å². The van der Waals surface area contributed by atoms with Crippen LogP contribution in [0.1, 0.15) is 0 Å². The number of carbonyl (C=O) groups is 1. The number of benzene rings is 2. The quantitative estimate of drug-likeness (QED) is 0.590. The minimum Gasteiger partial charge on any atom is -0.442 e. The molecule has 0 aliphatic carbocycles. The zero-order valence-electron chi connectivity index (χ0n) is 14.7. The van der Waals surface area contributed by atoms with Crippen LogP contribution in [0.5, 0.6) is 11.5 Å². The van der Waals surface area contributed by atoms with Gasteiger partial charge in [-0.3, -0.25) is 14.8 Å². The topological polar surface area (TPSA) is 73.3 Å². The molecule has 1 aliphatic heterocycles. The van der Waals surface area contributed by atoms with Crippen LogP contribution in [0.25, 0.3) is 21.9 Å². The molecule has 2 aromatic carbocycles. The summed E-state index contributed by atoms with van der Waals surface area (Å²) in [4.78, 5) is 20.9. The van der Waals surface area contributed by atoms with Gasteiger partial charge >= 0.3 is 12.2 Å². The molecule has 4 aromatic rings. The zero-order valence-corrected chi connectivity index (χ0v) is 14.7. The van der Waals surface area contributed by atoms with Gasteiger partial charge < -0.3 is 14.8 Å². The number of hydrogen-bond donors (Lipinski definition) is 1. The first-order chi connectivity index (χ1) is 13.8. The Morgan fingerprint density at radius 2 is 1.75 bits per heavy atom. The van der Waals surface area contributed by atoms with E-state index in [1.807, 2.05) is 54.6 Å². The summed E-state index contributed by atoms with van der Waals surface area (Å²) in [6.07, 6.45) is 5.69. The molecule has 1 unspecified atom stereocenters. The van der Waals surface area contributed by atoms with Crippen molar-refractivity contribution in [2.45, 2.75) is 6.29 Å². The van der Waals surface area contributed by atoms with Crippen molar-refractivity contribution in [2.24, 2.45) is 0 Å². The molecule has 0 bridgehead atoms. The second-order valence-corrected chi connectivity index (χ2v) is 6.37. The Balaban J connectivity index is 1.36. The predicted octanol–water partition coefficient (Wildman–Crippen LogP) is 4.03. The molecule has 6 nitrogen and oxygen atoms in total. The number of fused-ring (bicyclic) bond motifs is 3. The van der Waals surface area contributed by atoms with Crippen LogP contribution in [-0.2, 0) is 4.79 Å². The highest BCUT2D eigenvalue weighted by Crippen LogP contribution is 2.41. The highest BCUT2D eigenvalue weighted by atomic mass is 16.7. The summed E-state index contributed by atoms with van der Waals surface area (Å²) in [6.45, 7) is 0. The predicted molar refractivity (Wildman–Crippen MR) is 105 cm³/mol. The van der Waals surface area contributed by atoms with Crippen molar-refractivity contribution < 1.29 is 14.3 Å². The average Bonchev–Trinajstić information content (AvgIpc) is 3.20. The van der Waals surface area contributed by atoms with Crippen LogP contribution in [0.2, 0.25) is 0 Å². The lowest BCUT2D eigenvalue weighted by Crippen LogP contribution is -2.34. The van der Waals surface area contributed by atoms with Gasteiger partial charge in [-0.15, -0.1) is 0 Å². The van der Waals surface area contributed by atoms with Crippen LogP contribution in [0.15, 0.2) is 79.4 Å². The molecule has 0 fully saturated rings. The van der Waals surface area contributed by atoms with Gasteiger partial charge in [0.15, 0.2) is 11.5 Å². The van der Waals surface area contributed by atoms with Gasteiger partial charge in [-0.1, -0.05) is 30.3 Å². The van der Waals surface area contributed by atoms with Crippen molar-refractivity contribution in [3.8, 4) is 22.6 Å². The van der Waals surface area contributed by atoms with E-state index in [4.69, 9.17) is 9.47 Å². The monoisotopic (exact) mass is 369 g/mol. The third-order valence-corrected chi connectivity index (χ3v) is 4.54. The van der Waals surface area contributed by atoms with E-state index in [1.165, 1.54) is 0 Å². The molecule has 0 saturated heterocycles. The molecule has 0 saturated carbocycles. The lowest BCUT2D eigenvalue weighted by molar-refractivity contribution is -0.131. The zero-order chi connectivity index (χ0) is 18.9. The Labute approximate surface area is 160 Å². The summed E-state index contributed by atoms with van der Waals surface area (Å²) < 4.78 is 11.5. The van der Waals surface area contributed by atoms with Crippen LogP contribution in [-0.4, -0.2) is 22.2 Å². The van der Waals surface area contributed by atoms with E-state index in [0.717, 1.165) is 21.9 Å². The maximum atomic E-state index is 12.7. The molecule has 0 radical (unpaired) electrons. The van der Waals surface area contributed by atoms with E-state index >= 15 is 0 Å². The maximum absolute atomic E-state index is 12.7. The first-order valence-corrected chi connectivity index (χ1v) is 8.79. The van der Waals surface area contributed by atoms with Gasteiger partial charge in [0.1, 0.15) is 0 Å². The third kappa shape index (κ3) is 2.91. The van der Waals surface area contributed by atoms with Crippen molar-refractivity contribution in [1.82, 2.24) is 9.97 Å². The molecule has 136 valence electrons. The Hall–Kier alpha value is -3.93. The van der Waals surface area contributed by atoms with Crippen molar-refractivity contribution in [3.05, 3.63) is 79.4 Å². The van der Waals surface area contributed by atoms with Crippen molar-refractivity contribution in [3.63, 3.8) is 0 Å². The normalized spacial score (nSPS) is 14.8. The Morgan fingerprint density at radius 3 is 2.64 bits per heavy atom. The van der Waals surface area contributed by atoms with E-state index in [9.17, 15) is 4.79 Å². The van der Waals surface area contributed by atoms with Gasteiger partial charge in [0.25, 0.3) is 0 Å². The number of hydrogen-bond acceptors (Lipinski definition) is 5. The maximum Gasteiger partial charge on any atom is 0.322 e. The van der Waals surface area contributed by atoms with Crippen LogP contribution in [0.3, 0.4) is 0 Å². The van der Waals surface area contributed by atoms with Gasteiger partial charge in [-0.25, -0.2) is 0 Å². The van der Waals surface area contributed by atoms with Gasteiger partial charge in [-0.2, -0.15) is 0 Å². The highest BCUT2D eigenvalue weighted by molar-refractivity contribution is 5.97. The smallest absolute Gasteiger partial charge is 0.322 e. The van der Waals surface area contributed by atoms with Gasteiger partial charge in [0.05, 0.1) is 11.9 Å². The molecule has 1 N–H and O–H groups in total. The van der Waals surface area contributed by atoms with E-state index in [2.05, 4.69) is 15.3 Å². The standard InChI is InChI=1S/C22H15N3O3/c26-21(25-17-11-16(12-24-13-17)14-7-9-23-10-8-14)22-27-19-6-5-15-3-1-2-4-18(15)20(19)28-22/h1-13,22H,(H,25,26). The average molecular weight is 369 g/mol. The SMILES string of the molecule is O=C(Nc1cncc(-c2ccncc2)c1)C1Oc2ccc3ccccc3c2O1. The van der Waals surface area contributed by atoms with E-state index in [1.54, 1.807) is 24.8 Å². The second kappa shape index (κ2) is 6.66. The molecular weight excluding hydrogens is 354 g/mol. The number of anilines is 1. The number of carbonyl (C=O) groups excluding carboxylic acids is 1. The molecule has 3 heterocycles. The summed E-state index contributed by atoms with van der Waals surface area (Å²) in [7, 11) is 0. The minimum atomic E-state index is -1.05. The van der Waals surface area contributed by atoms with Gasteiger partial charge in [-0.05, 0) is 35.2 Å². The summed E-state index contributed by atoms with van der Waals surface area (Å²) in [5.74, 6) is 0.749. The number of rotatable bonds is 3. The van der Waals surface area contributed by atoms with Crippen LogP contribution in [0.4, 0.5) is 5.69 Å². The lowest BCUT2D eigenvalue weighted by Gasteiger charge is -2.11. The number of aromatic nitrogens is 2. The molecule has 28 heavy (non-hydrogen) atoms. The van der Waals surface area contributed by atoms with Crippen LogP contribution in [0, 0.1) is 0 Å². The fourth-order valence-electron chi connectivity index (χ4n) is 3.20. The number of nitrogens with zero attached hydrogens (tertiary/aromatic N) is 2. The Bertz CT molecular complexity index is 1180.